The van der Waals surface area contributed by atoms with E-state index in [0.29, 0.717) is 5.76 Å². The topological polar surface area (TPSA) is 88.4 Å². The molecule has 1 heterocycles. The number of rotatable bonds is 6. The van der Waals surface area contributed by atoms with E-state index in [1.165, 1.54) is 11.8 Å². The first-order chi connectivity index (χ1) is 11.5. The zero-order valence-electron chi connectivity index (χ0n) is 13.2. The molecule has 128 valence electrons. The minimum absolute atomic E-state index is 0.210. The number of furan rings is 1. The van der Waals surface area contributed by atoms with Crippen molar-refractivity contribution in [3.8, 4) is 0 Å². The van der Waals surface area contributed by atoms with Gasteiger partial charge in [-0.1, -0.05) is 6.07 Å². The van der Waals surface area contributed by atoms with Crippen molar-refractivity contribution in [2.75, 3.05) is 6.54 Å². The Bertz CT molecular complexity index is 813. The van der Waals surface area contributed by atoms with Crippen molar-refractivity contribution in [1.82, 2.24) is 10.0 Å². The molecule has 1 aliphatic rings. The van der Waals surface area contributed by atoms with E-state index in [0.717, 1.165) is 31.2 Å². The summed E-state index contributed by atoms with van der Waals surface area (Å²) in [5.41, 5.74) is 2.31. The molecular formula is C17H20N2O4S. The highest BCUT2D eigenvalue weighted by atomic mass is 32.2. The van der Waals surface area contributed by atoms with Crippen LogP contribution in [0.5, 0.6) is 0 Å². The third-order valence-corrected chi connectivity index (χ3v) is 5.49. The number of fused-ring (bicyclic) bond motifs is 1. The molecule has 0 atom stereocenters. The number of amides is 1. The van der Waals surface area contributed by atoms with Gasteiger partial charge in [-0.15, -0.1) is 0 Å². The van der Waals surface area contributed by atoms with E-state index in [2.05, 4.69) is 10.0 Å². The summed E-state index contributed by atoms with van der Waals surface area (Å²) in [4.78, 5) is 12.0. The Labute approximate surface area is 141 Å². The van der Waals surface area contributed by atoms with Crippen LogP contribution in [0.25, 0.3) is 0 Å². The number of aryl methyl sites for hydroxylation is 2. The van der Waals surface area contributed by atoms with E-state index < -0.39 is 15.9 Å². The van der Waals surface area contributed by atoms with Crippen LogP contribution in [-0.2, 0) is 34.2 Å². The molecule has 3 rings (SSSR count). The maximum Gasteiger partial charge on any atom is 0.241 e. The van der Waals surface area contributed by atoms with Crippen LogP contribution < -0.4 is 10.0 Å². The van der Waals surface area contributed by atoms with Crippen molar-refractivity contribution in [2.24, 2.45) is 0 Å². The zero-order chi connectivity index (χ0) is 17.0. The summed E-state index contributed by atoms with van der Waals surface area (Å²) in [5.74, 6) is 0.203. The molecule has 2 aromatic rings. The van der Waals surface area contributed by atoms with Crippen LogP contribution in [-0.4, -0.2) is 20.9 Å². The third kappa shape index (κ3) is 4.04. The molecule has 0 spiro atoms. The van der Waals surface area contributed by atoms with Crippen molar-refractivity contribution in [3.05, 3.63) is 53.5 Å². The van der Waals surface area contributed by atoms with Crippen molar-refractivity contribution >= 4 is 15.9 Å². The molecule has 0 unspecified atom stereocenters. The molecule has 0 saturated heterocycles. The van der Waals surface area contributed by atoms with Crippen molar-refractivity contribution < 1.29 is 17.6 Å². The lowest BCUT2D eigenvalue weighted by molar-refractivity contribution is -0.120. The van der Waals surface area contributed by atoms with Gasteiger partial charge in [-0.05, 0) is 61.1 Å². The number of benzene rings is 1. The van der Waals surface area contributed by atoms with Gasteiger partial charge in [-0.25, -0.2) is 13.1 Å². The number of hydrogen-bond acceptors (Lipinski definition) is 4. The van der Waals surface area contributed by atoms with Gasteiger partial charge in [0, 0.05) is 0 Å². The molecule has 0 radical (unpaired) electrons. The smallest absolute Gasteiger partial charge is 0.241 e. The van der Waals surface area contributed by atoms with Crippen LogP contribution in [0.15, 0.2) is 45.9 Å². The van der Waals surface area contributed by atoms with E-state index in [9.17, 15) is 13.2 Å². The zero-order valence-corrected chi connectivity index (χ0v) is 14.1. The Morgan fingerprint density at radius 3 is 2.67 bits per heavy atom. The van der Waals surface area contributed by atoms with Gasteiger partial charge in [-0.3, -0.25) is 4.79 Å². The van der Waals surface area contributed by atoms with Crippen molar-refractivity contribution in [1.29, 1.82) is 0 Å². The minimum atomic E-state index is -3.70. The maximum absolute atomic E-state index is 12.3. The molecule has 0 bridgehead atoms. The third-order valence-electron chi connectivity index (χ3n) is 4.09. The van der Waals surface area contributed by atoms with Gasteiger partial charge >= 0.3 is 0 Å². The van der Waals surface area contributed by atoms with Gasteiger partial charge in [0.05, 0.1) is 24.2 Å². The highest BCUT2D eigenvalue weighted by molar-refractivity contribution is 7.89. The van der Waals surface area contributed by atoms with Gasteiger partial charge in [0.1, 0.15) is 5.76 Å². The average molecular weight is 348 g/mol. The highest BCUT2D eigenvalue weighted by Gasteiger charge is 2.18. The van der Waals surface area contributed by atoms with Gasteiger partial charge in [0.15, 0.2) is 0 Å². The molecule has 1 aromatic heterocycles. The summed E-state index contributed by atoms with van der Waals surface area (Å²) in [5, 5.41) is 2.60. The number of nitrogens with one attached hydrogen (secondary N) is 2. The summed E-state index contributed by atoms with van der Waals surface area (Å²) in [7, 11) is -3.70. The summed E-state index contributed by atoms with van der Waals surface area (Å²) in [6.45, 7) is -0.0769. The molecule has 1 amide bonds. The monoisotopic (exact) mass is 348 g/mol. The highest BCUT2D eigenvalue weighted by Crippen LogP contribution is 2.23. The SMILES string of the molecule is O=C(CNS(=O)(=O)c1ccc2c(c1)CCCC2)NCc1ccco1. The molecule has 0 aliphatic heterocycles. The van der Waals surface area contributed by atoms with E-state index in [1.54, 1.807) is 24.3 Å². The normalized spacial score (nSPS) is 14.2. The largest absolute Gasteiger partial charge is 0.467 e. The predicted octanol–water partition coefficient (Wildman–Crippen LogP) is 1.75. The summed E-state index contributed by atoms with van der Waals surface area (Å²) in [6, 6.07) is 8.66. The maximum atomic E-state index is 12.3. The number of hydrogen-bond donors (Lipinski definition) is 2. The predicted molar refractivity (Wildman–Crippen MR) is 88.8 cm³/mol. The quantitative estimate of drug-likeness (QED) is 0.832. The molecule has 0 fully saturated rings. The second-order valence-corrected chi connectivity index (χ2v) is 7.59. The first kappa shape index (κ1) is 16.7. The molecule has 7 heteroatoms. The van der Waals surface area contributed by atoms with Crippen LogP contribution in [0.2, 0.25) is 0 Å². The Balaban J connectivity index is 1.58. The Kier molecular flexibility index (Phi) is 5.01. The minimum Gasteiger partial charge on any atom is -0.467 e. The van der Waals surface area contributed by atoms with Crippen molar-refractivity contribution in [3.63, 3.8) is 0 Å². The van der Waals surface area contributed by atoms with Gasteiger partial charge < -0.3 is 9.73 Å². The molecular weight excluding hydrogens is 328 g/mol. The first-order valence-electron chi connectivity index (χ1n) is 7.95. The number of carbonyl (C=O) groups excluding carboxylic acids is 1. The van der Waals surface area contributed by atoms with Gasteiger partial charge in [0.2, 0.25) is 15.9 Å². The van der Waals surface area contributed by atoms with Gasteiger partial charge in [-0.2, -0.15) is 0 Å². The fourth-order valence-corrected chi connectivity index (χ4v) is 3.81. The molecule has 6 nitrogen and oxygen atoms in total. The lowest BCUT2D eigenvalue weighted by atomic mass is 9.92. The molecule has 24 heavy (non-hydrogen) atoms. The van der Waals surface area contributed by atoms with E-state index >= 15 is 0 Å². The van der Waals surface area contributed by atoms with Crippen LogP contribution in [0.4, 0.5) is 0 Å². The number of carbonyl (C=O) groups is 1. The lowest BCUT2D eigenvalue weighted by Crippen LogP contribution is -2.36. The molecule has 0 saturated carbocycles. The second kappa shape index (κ2) is 7.19. The summed E-state index contributed by atoms with van der Waals surface area (Å²) >= 11 is 0. The van der Waals surface area contributed by atoms with Crippen LogP contribution in [0.1, 0.15) is 29.7 Å². The van der Waals surface area contributed by atoms with Gasteiger partial charge in [0.25, 0.3) is 0 Å². The Morgan fingerprint density at radius 2 is 1.92 bits per heavy atom. The second-order valence-electron chi connectivity index (χ2n) is 5.82. The average Bonchev–Trinajstić information content (AvgIpc) is 3.11. The van der Waals surface area contributed by atoms with Crippen LogP contribution in [0.3, 0.4) is 0 Å². The Hall–Kier alpha value is -2.12. The van der Waals surface area contributed by atoms with Crippen LogP contribution >= 0.6 is 0 Å². The van der Waals surface area contributed by atoms with E-state index in [1.807, 2.05) is 6.07 Å². The standard InChI is InChI=1S/C17H20N2O4S/c20-17(18-11-15-6-3-9-23-15)12-19-24(21,22)16-8-7-13-4-1-2-5-14(13)10-16/h3,6-10,19H,1-2,4-5,11-12H2,(H,18,20). The molecule has 1 aromatic carbocycles. The summed E-state index contributed by atoms with van der Waals surface area (Å²) < 4.78 is 32.1. The first-order valence-corrected chi connectivity index (χ1v) is 9.43. The van der Waals surface area contributed by atoms with E-state index in [-0.39, 0.29) is 18.0 Å². The lowest BCUT2D eigenvalue weighted by Gasteiger charge is -2.16. The summed E-state index contributed by atoms with van der Waals surface area (Å²) in [6.07, 6.45) is 5.65. The van der Waals surface area contributed by atoms with E-state index in [4.69, 9.17) is 4.42 Å². The number of sulfonamides is 1. The fraction of sp³-hybridized carbons (Fsp3) is 0.353. The molecule has 1 aliphatic carbocycles. The molecule has 2 N–H and O–H groups in total. The fourth-order valence-electron chi connectivity index (χ4n) is 2.78. The van der Waals surface area contributed by atoms with Crippen LogP contribution in [0, 0.1) is 0 Å². The Morgan fingerprint density at radius 1 is 1.12 bits per heavy atom. The van der Waals surface area contributed by atoms with Crippen molar-refractivity contribution in [2.45, 2.75) is 37.1 Å².